The van der Waals surface area contributed by atoms with Crippen molar-refractivity contribution in [1.82, 2.24) is 9.13 Å². The summed E-state index contributed by atoms with van der Waals surface area (Å²) in [7, 11) is 0. The second-order valence-electron chi connectivity index (χ2n) is 19.9. The Morgan fingerprint density at radius 1 is 0.352 bits per heavy atom. The molecule has 0 saturated carbocycles. The van der Waals surface area contributed by atoms with E-state index < -0.39 is 0 Å². The summed E-state index contributed by atoms with van der Waals surface area (Å²) in [6, 6.07) is 83.7. The van der Waals surface area contributed by atoms with E-state index in [-0.39, 0.29) is 19.7 Å². The number of hydrogen-bond acceptors (Lipinski definition) is 1. The highest BCUT2D eigenvalue weighted by Crippen LogP contribution is 2.51. The first-order valence-electron chi connectivity index (χ1n) is 24.3. The van der Waals surface area contributed by atoms with Crippen molar-refractivity contribution in [3.63, 3.8) is 0 Å². The topological polar surface area (TPSA) is 13.1 Å². The Hall–Kier alpha value is -7.92. The van der Waals surface area contributed by atoms with Gasteiger partial charge < -0.3 is 14.0 Å². The molecule has 0 spiro atoms. The van der Waals surface area contributed by atoms with Crippen molar-refractivity contribution in [3.05, 3.63) is 257 Å². The number of benzene rings is 10. The average molecular weight is 983 g/mol. The largest absolute Gasteiger partial charge is 0.310 e. The van der Waals surface area contributed by atoms with E-state index >= 15 is 0 Å². The predicted molar refractivity (Wildman–Crippen MR) is 308 cm³/mol. The molecule has 10 aromatic carbocycles. The van der Waals surface area contributed by atoms with Crippen molar-refractivity contribution in [2.24, 2.45) is 0 Å². The number of halogens is 1. The molecule has 4 heteroatoms. The zero-order chi connectivity index (χ0) is 47.3. The Bertz CT molecular complexity index is 3960. The third kappa shape index (κ3) is 6.91. The van der Waals surface area contributed by atoms with Gasteiger partial charge in [0.1, 0.15) is 0 Å². The van der Waals surface area contributed by atoms with Crippen LogP contribution in [0.5, 0.6) is 0 Å². The minimum Gasteiger partial charge on any atom is -0.310 e. The molecule has 4 heterocycles. The minimum atomic E-state index is -0.132. The summed E-state index contributed by atoms with van der Waals surface area (Å²) in [5.74, 6) is 0. The summed E-state index contributed by atoms with van der Waals surface area (Å²) in [5.41, 5.74) is 21.5. The van der Waals surface area contributed by atoms with Gasteiger partial charge >= 0.3 is 0 Å². The summed E-state index contributed by atoms with van der Waals surface area (Å²) < 4.78 is 6.07. The van der Waals surface area contributed by atoms with Crippen LogP contribution in [0.1, 0.15) is 58.8 Å². The Labute approximate surface area is 426 Å². The standard InChI is InChI=1S/C39H30N2.C27H20BrN.CH4.H2/c1-39(2)34-20-12-13-21-37(34)41-36-23-22-31(40(29-16-8-4-9-17-29)30-18-10-5-11-19-30)26-32(36)33-24-28(25-35(39)38(33)41)27-14-6-3-7-15-27;1-27(2)22-10-6-7-11-25(22)29-24-13-12-19(28)16-20(24)21-14-18(15-23(27)26(21)29)17-8-4-3-5-9-17;;/h3-26H,1-2H3;3-16H,1-2H3;1H4;1H. The highest BCUT2D eigenvalue weighted by atomic mass is 79.9. The van der Waals surface area contributed by atoms with Crippen molar-refractivity contribution in [2.75, 3.05) is 4.90 Å². The van der Waals surface area contributed by atoms with Gasteiger partial charge in [-0.3, -0.25) is 0 Å². The van der Waals surface area contributed by atoms with Gasteiger partial charge in [-0.1, -0.05) is 185 Å². The minimum absolute atomic E-state index is 0. The number of hydrogen-bond donors (Lipinski definition) is 0. The molecule has 3 nitrogen and oxygen atoms in total. The second-order valence-corrected chi connectivity index (χ2v) is 20.8. The highest BCUT2D eigenvalue weighted by molar-refractivity contribution is 9.10. The zero-order valence-corrected chi connectivity index (χ0v) is 41.2. The first-order chi connectivity index (χ1) is 34.2. The van der Waals surface area contributed by atoms with Crippen LogP contribution in [0.3, 0.4) is 0 Å². The Kier molecular flexibility index (Phi) is 10.5. The van der Waals surface area contributed by atoms with Crippen molar-refractivity contribution in [2.45, 2.75) is 46.0 Å². The summed E-state index contributed by atoms with van der Waals surface area (Å²) in [5, 5.41) is 5.17. The lowest BCUT2D eigenvalue weighted by atomic mass is 9.74. The average Bonchev–Trinajstić information content (AvgIpc) is 3.91. The fourth-order valence-corrected chi connectivity index (χ4v) is 12.1. The lowest BCUT2D eigenvalue weighted by molar-refractivity contribution is 0.630. The van der Waals surface area contributed by atoms with E-state index in [1.165, 1.54) is 99.5 Å². The van der Waals surface area contributed by atoms with Crippen molar-refractivity contribution in [3.8, 4) is 33.6 Å². The molecule has 346 valence electrons. The lowest BCUT2D eigenvalue weighted by Gasteiger charge is -2.35. The van der Waals surface area contributed by atoms with E-state index in [1.807, 2.05) is 0 Å². The molecule has 0 N–H and O–H groups in total. The highest BCUT2D eigenvalue weighted by Gasteiger charge is 2.37. The lowest BCUT2D eigenvalue weighted by Crippen LogP contribution is -2.26. The number of rotatable bonds is 5. The molecule has 0 unspecified atom stereocenters. The normalized spacial score (nSPS) is 13.5. The Morgan fingerprint density at radius 2 is 0.746 bits per heavy atom. The molecule has 0 fully saturated rings. The molecule has 2 aliphatic rings. The number of nitrogens with zero attached hydrogens (tertiary/aromatic N) is 3. The molecule has 2 aliphatic heterocycles. The van der Waals surface area contributed by atoms with Gasteiger partial charge in [0, 0.05) is 55.3 Å². The van der Waals surface area contributed by atoms with Crippen LogP contribution in [0.2, 0.25) is 0 Å². The second kappa shape index (κ2) is 16.9. The third-order valence-corrected chi connectivity index (χ3v) is 15.6. The predicted octanol–water partition coefficient (Wildman–Crippen LogP) is 19.3. The summed E-state index contributed by atoms with van der Waals surface area (Å²) in [6.07, 6.45) is 0. The van der Waals surface area contributed by atoms with Gasteiger partial charge in [0.15, 0.2) is 0 Å². The Morgan fingerprint density at radius 3 is 1.21 bits per heavy atom. The fraction of sp³-hybridized carbons (Fsp3) is 0.104. The summed E-state index contributed by atoms with van der Waals surface area (Å²) in [4.78, 5) is 2.35. The van der Waals surface area contributed by atoms with Crippen LogP contribution in [0.15, 0.2) is 235 Å². The van der Waals surface area contributed by atoms with E-state index in [1.54, 1.807) is 0 Å². The number of anilines is 3. The molecule has 2 aromatic heterocycles. The van der Waals surface area contributed by atoms with Crippen LogP contribution in [-0.4, -0.2) is 9.13 Å². The van der Waals surface area contributed by atoms with Crippen LogP contribution in [0.25, 0.3) is 77.2 Å². The molecule has 0 radical (unpaired) electrons. The maximum absolute atomic E-state index is 3.69. The van der Waals surface area contributed by atoms with Gasteiger partial charge in [0.05, 0.1) is 33.4 Å². The molecule has 0 bridgehead atoms. The monoisotopic (exact) mass is 981 g/mol. The van der Waals surface area contributed by atoms with E-state index in [0.29, 0.717) is 0 Å². The molecule has 71 heavy (non-hydrogen) atoms. The Balaban J connectivity index is 0.000000160. The molecule has 12 aromatic rings. The van der Waals surface area contributed by atoms with Crippen LogP contribution in [-0.2, 0) is 10.8 Å². The molecule has 14 rings (SSSR count). The number of aromatic nitrogens is 2. The van der Waals surface area contributed by atoms with E-state index in [0.717, 1.165) is 21.5 Å². The fourth-order valence-electron chi connectivity index (χ4n) is 11.7. The van der Waals surface area contributed by atoms with E-state index in [9.17, 15) is 0 Å². The number of fused-ring (bicyclic) bond motifs is 10. The van der Waals surface area contributed by atoms with Crippen molar-refractivity contribution >= 4 is 76.6 Å². The van der Waals surface area contributed by atoms with Gasteiger partial charge in [-0.2, -0.15) is 0 Å². The molecular weight excluding hydrogens is 927 g/mol. The van der Waals surface area contributed by atoms with Crippen LogP contribution in [0, 0.1) is 0 Å². The first-order valence-corrected chi connectivity index (χ1v) is 25.1. The van der Waals surface area contributed by atoms with Crippen LogP contribution >= 0.6 is 15.9 Å². The van der Waals surface area contributed by atoms with Gasteiger partial charge in [-0.05, 0) is 142 Å². The molecular formula is C67H56BrN3. The van der Waals surface area contributed by atoms with Gasteiger partial charge in [0.2, 0.25) is 0 Å². The summed E-state index contributed by atoms with van der Waals surface area (Å²) >= 11 is 3.69. The molecule has 0 atom stereocenters. The third-order valence-electron chi connectivity index (χ3n) is 15.2. The van der Waals surface area contributed by atoms with E-state index in [4.69, 9.17) is 0 Å². The molecule has 0 saturated heterocycles. The first kappa shape index (κ1) is 44.3. The van der Waals surface area contributed by atoms with Crippen molar-refractivity contribution in [1.29, 1.82) is 0 Å². The maximum Gasteiger partial charge on any atom is 0.0582 e. The smallest absolute Gasteiger partial charge is 0.0582 e. The van der Waals surface area contributed by atoms with Crippen LogP contribution in [0.4, 0.5) is 17.1 Å². The quantitative estimate of drug-likeness (QED) is 0.167. The molecule has 0 aliphatic carbocycles. The van der Waals surface area contributed by atoms with Crippen molar-refractivity contribution < 1.29 is 1.43 Å². The van der Waals surface area contributed by atoms with Gasteiger partial charge in [-0.15, -0.1) is 0 Å². The summed E-state index contributed by atoms with van der Waals surface area (Å²) in [6.45, 7) is 9.45. The van der Waals surface area contributed by atoms with Crippen LogP contribution < -0.4 is 4.90 Å². The molecule has 0 amide bonds. The van der Waals surface area contributed by atoms with Gasteiger partial charge in [-0.25, -0.2) is 0 Å². The van der Waals surface area contributed by atoms with Gasteiger partial charge in [0.25, 0.3) is 0 Å². The maximum atomic E-state index is 3.69. The number of para-hydroxylation sites is 4. The SMILES string of the molecule is C.CC1(C)c2ccccc2-n2c3ccc(Br)cc3c3cc(-c4ccccc4)cc1c32.CC1(C)c2ccccc2-n2c3ccc(N(c4ccccc4)c4ccccc4)cc3c3cc(-c4ccccc4)cc1c32.[HH]. The zero-order valence-electron chi connectivity index (χ0n) is 39.7. The van der Waals surface area contributed by atoms with E-state index in [2.05, 4.69) is 288 Å².